The second-order valence-electron chi connectivity index (χ2n) is 5.62. The maximum absolute atomic E-state index is 12.4. The van der Waals surface area contributed by atoms with Gasteiger partial charge in [0.1, 0.15) is 18.3 Å². The van der Waals surface area contributed by atoms with Crippen molar-refractivity contribution in [2.75, 3.05) is 20.3 Å². The molecule has 0 aliphatic carbocycles. The zero-order chi connectivity index (χ0) is 18.6. The summed E-state index contributed by atoms with van der Waals surface area (Å²) in [5.74, 6) is -1.02. The SMILES string of the molecule is COCC(C)=C(C(=O)OCc1ccc([N+](=O)[O-])cc1)N1CC(N)C1=O. The minimum absolute atomic E-state index is 0.0493. The van der Waals surface area contributed by atoms with Gasteiger partial charge in [0.15, 0.2) is 0 Å². The number of nitrogens with two attached hydrogens (primary N) is 1. The highest BCUT2D eigenvalue weighted by Gasteiger charge is 2.39. The molecule has 1 aromatic rings. The third-order valence-corrected chi connectivity index (χ3v) is 3.71. The number of hydrogen-bond donors (Lipinski definition) is 1. The number of nitro benzene ring substituents is 1. The molecule has 0 radical (unpaired) electrons. The molecule has 1 unspecified atom stereocenters. The van der Waals surface area contributed by atoms with Crippen LogP contribution in [0.25, 0.3) is 0 Å². The van der Waals surface area contributed by atoms with Gasteiger partial charge in [-0.3, -0.25) is 14.9 Å². The Morgan fingerprint density at radius 3 is 2.52 bits per heavy atom. The zero-order valence-corrected chi connectivity index (χ0v) is 13.9. The predicted octanol–water partition coefficient (Wildman–Crippen LogP) is 0.728. The van der Waals surface area contributed by atoms with E-state index in [1.807, 2.05) is 0 Å². The normalized spacial score (nSPS) is 17.6. The van der Waals surface area contributed by atoms with Gasteiger partial charge in [0.25, 0.3) is 5.69 Å². The Morgan fingerprint density at radius 2 is 2.04 bits per heavy atom. The Kier molecular flexibility index (Phi) is 5.84. The highest BCUT2D eigenvalue weighted by molar-refractivity contribution is 5.99. The predicted molar refractivity (Wildman–Crippen MR) is 87.2 cm³/mol. The Morgan fingerprint density at radius 1 is 1.40 bits per heavy atom. The molecule has 0 aromatic heterocycles. The van der Waals surface area contributed by atoms with Crippen LogP contribution >= 0.6 is 0 Å². The molecule has 9 heteroatoms. The lowest BCUT2D eigenvalue weighted by Crippen LogP contribution is -2.61. The second kappa shape index (κ2) is 7.86. The first-order valence-corrected chi connectivity index (χ1v) is 7.51. The molecule has 1 saturated heterocycles. The van der Waals surface area contributed by atoms with Crippen molar-refractivity contribution in [3.8, 4) is 0 Å². The van der Waals surface area contributed by atoms with E-state index < -0.39 is 16.9 Å². The van der Waals surface area contributed by atoms with E-state index in [4.69, 9.17) is 15.2 Å². The first kappa shape index (κ1) is 18.6. The lowest BCUT2D eigenvalue weighted by atomic mass is 10.1. The number of non-ortho nitro benzene ring substituents is 1. The number of nitro groups is 1. The van der Waals surface area contributed by atoms with Gasteiger partial charge in [-0.25, -0.2) is 4.79 Å². The van der Waals surface area contributed by atoms with Crippen molar-refractivity contribution in [1.29, 1.82) is 0 Å². The van der Waals surface area contributed by atoms with Crippen molar-refractivity contribution in [1.82, 2.24) is 4.90 Å². The van der Waals surface area contributed by atoms with Crippen LogP contribution in [0.5, 0.6) is 0 Å². The number of amides is 1. The molecule has 1 aliphatic rings. The van der Waals surface area contributed by atoms with Crippen molar-refractivity contribution in [2.45, 2.75) is 19.6 Å². The van der Waals surface area contributed by atoms with Crippen molar-refractivity contribution in [2.24, 2.45) is 5.73 Å². The molecule has 1 amide bonds. The van der Waals surface area contributed by atoms with Crippen LogP contribution in [0.1, 0.15) is 12.5 Å². The summed E-state index contributed by atoms with van der Waals surface area (Å²) in [6.45, 7) is 2.00. The number of rotatable bonds is 7. The van der Waals surface area contributed by atoms with Gasteiger partial charge in [0, 0.05) is 19.2 Å². The average Bonchev–Trinajstić information content (AvgIpc) is 2.59. The topological polar surface area (TPSA) is 125 Å². The van der Waals surface area contributed by atoms with Gasteiger partial charge in [-0.05, 0) is 30.2 Å². The Balaban J connectivity index is 2.08. The summed E-state index contributed by atoms with van der Waals surface area (Å²) >= 11 is 0. The molecule has 0 saturated carbocycles. The van der Waals surface area contributed by atoms with Crippen molar-refractivity contribution >= 4 is 17.6 Å². The van der Waals surface area contributed by atoms with Crippen LogP contribution in [0.15, 0.2) is 35.5 Å². The van der Waals surface area contributed by atoms with E-state index in [0.717, 1.165) is 0 Å². The maximum atomic E-state index is 12.4. The standard InChI is InChI=1S/C16H19N3O6/c1-10(8-24-2)14(18-7-13(17)15(18)20)16(21)25-9-11-3-5-12(6-4-11)19(22)23/h3-6,13H,7-9,17H2,1-2H3. The van der Waals surface area contributed by atoms with Gasteiger partial charge < -0.3 is 20.1 Å². The number of likely N-dealkylation sites (tertiary alicyclic amines) is 1. The maximum Gasteiger partial charge on any atom is 0.355 e. The fourth-order valence-corrected chi connectivity index (χ4v) is 2.38. The molecule has 2 N–H and O–H groups in total. The van der Waals surface area contributed by atoms with E-state index in [1.54, 1.807) is 6.92 Å². The van der Waals surface area contributed by atoms with Crippen LogP contribution in [0.4, 0.5) is 5.69 Å². The molecular weight excluding hydrogens is 330 g/mol. The molecule has 134 valence electrons. The van der Waals surface area contributed by atoms with Gasteiger partial charge in [0.05, 0.1) is 18.1 Å². The summed E-state index contributed by atoms with van der Waals surface area (Å²) in [6, 6.07) is 5.04. The summed E-state index contributed by atoms with van der Waals surface area (Å²) in [5.41, 5.74) is 6.79. The molecule has 1 heterocycles. The van der Waals surface area contributed by atoms with Crippen LogP contribution in [0.2, 0.25) is 0 Å². The molecule has 1 aromatic carbocycles. The summed E-state index contributed by atoms with van der Waals surface area (Å²) in [6.07, 6.45) is 0. The molecular formula is C16H19N3O6. The number of benzene rings is 1. The van der Waals surface area contributed by atoms with Gasteiger partial charge in [-0.2, -0.15) is 0 Å². The van der Waals surface area contributed by atoms with Gasteiger partial charge >= 0.3 is 5.97 Å². The van der Waals surface area contributed by atoms with E-state index in [0.29, 0.717) is 11.1 Å². The Hall–Kier alpha value is -2.78. The third-order valence-electron chi connectivity index (χ3n) is 3.71. The minimum Gasteiger partial charge on any atom is -0.456 e. The summed E-state index contributed by atoms with van der Waals surface area (Å²) in [7, 11) is 1.48. The number of carbonyl (C=O) groups excluding carboxylic acids is 2. The smallest absolute Gasteiger partial charge is 0.355 e. The molecule has 0 spiro atoms. The lowest BCUT2D eigenvalue weighted by molar-refractivity contribution is -0.384. The van der Waals surface area contributed by atoms with E-state index >= 15 is 0 Å². The van der Waals surface area contributed by atoms with Gasteiger partial charge in [-0.1, -0.05) is 0 Å². The molecule has 25 heavy (non-hydrogen) atoms. The minimum atomic E-state index is -0.673. The van der Waals surface area contributed by atoms with Crippen LogP contribution < -0.4 is 5.73 Å². The highest BCUT2D eigenvalue weighted by Crippen LogP contribution is 2.21. The van der Waals surface area contributed by atoms with Crippen molar-refractivity contribution < 1.29 is 24.0 Å². The fraction of sp³-hybridized carbons (Fsp3) is 0.375. The number of esters is 1. The van der Waals surface area contributed by atoms with E-state index in [2.05, 4.69) is 0 Å². The summed E-state index contributed by atoms with van der Waals surface area (Å²) in [5, 5.41) is 10.6. The van der Waals surface area contributed by atoms with E-state index in [9.17, 15) is 19.7 Å². The Bertz CT molecular complexity index is 713. The number of β-lactam (4-membered cyclic amide) rings is 1. The van der Waals surface area contributed by atoms with Crippen LogP contribution in [0, 0.1) is 10.1 Å². The average molecular weight is 349 g/mol. The first-order valence-electron chi connectivity index (χ1n) is 7.51. The van der Waals surface area contributed by atoms with Crippen LogP contribution in [0.3, 0.4) is 0 Å². The fourth-order valence-electron chi connectivity index (χ4n) is 2.38. The number of ether oxygens (including phenoxy) is 2. The lowest BCUT2D eigenvalue weighted by Gasteiger charge is -2.37. The largest absolute Gasteiger partial charge is 0.456 e. The molecule has 9 nitrogen and oxygen atoms in total. The number of nitrogens with zero attached hydrogens (tertiary/aromatic N) is 2. The Labute approximate surface area is 144 Å². The molecule has 1 aliphatic heterocycles. The van der Waals surface area contributed by atoms with Gasteiger partial charge in [0.2, 0.25) is 5.91 Å². The molecule has 1 atom stereocenters. The molecule has 1 fully saturated rings. The van der Waals surface area contributed by atoms with Crippen molar-refractivity contribution in [3.05, 3.63) is 51.2 Å². The second-order valence-corrected chi connectivity index (χ2v) is 5.62. The van der Waals surface area contributed by atoms with Crippen molar-refractivity contribution in [3.63, 3.8) is 0 Å². The summed E-state index contributed by atoms with van der Waals surface area (Å²) in [4.78, 5) is 35.7. The molecule has 2 rings (SSSR count). The quantitative estimate of drug-likeness (QED) is 0.253. The van der Waals surface area contributed by atoms with Gasteiger partial charge in [-0.15, -0.1) is 0 Å². The number of methoxy groups -OCH3 is 1. The zero-order valence-electron chi connectivity index (χ0n) is 13.9. The van der Waals surface area contributed by atoms with E-state index in [-0.39, 0.29) is 37.1 Å². The summed E-state index contributed by atoms with van der Waals surface area (Å²) < 4.78 is 10.3. The number of carbonyl (C=O) groups is 2. The molecule has 0 bridgehead atoms. The van der Waals surface area contributed by atoms with Crippen LogP contribution in [-0.4, -0.2) is 48.0 Å². The van der Waals surface area contributed by atoms with E-state index in [1.165, 1.54) is 36.3 Å². The monoisotopic (exact) mass is 349 g/mol. The van der Waals surface area contributed by atoms with Crippen LogP contribution in [-0.2, 0) is 25.7 Å². The number of hydrogen-bond acceptors (Lipinski definition) is 7. The first-order chi connectivity index (χ1) is 11.8. The third kappa shape index (κ3) is 4.20. The highest BCUT2D eigenvalue weighted by atomic mass is 16.6.